The van der Waals surface area contributed by atoms with E-state index in [1.807, 2.05) is 0 Å². The van der Waals surface area contributed by atoms with Gasteiger partial charge in [-0.2, -0.15) is 13.2 Å². The molecule has 1 fully saturated rings. The summed E-state index contributed by atoms with van der Waals surface area (Å²) in [6.45, 7) is -0.0122. The van der Waals surface area contributed by atoms with Crippen LogP contribution in [0.15, 0.2) is 0 Å². The number of hydrogen-bond acceptors (Lipinski definition) is 3. The summed E-state index contributed by atoms with van der Waals surface area (Å²) in [5, 5.41) is 8.74. The quantitative estimate of drug-likeness (QED) is 0.823. The SMILES string of the molecule is C[C@@H](OCC(F)(F)F)C(=O)N1CC[C@H](C(=O)O)C1. The van der Waals surface area contributed by atoms with Crippen LogP contribution in [0.5, 0.6) is 0 Å². The van der Waals surface area contributed by atoms with E-state index in [4.69, 9.17) is 5.11 Å². The lowest BCUT2D eigenvalue weighted by Gasteiger charge is -2.21. The summed E-state index contributed by atoms with van der Waals surface area (Å²) in [7, 11) is 0. The van der Waals surface area contributed by atoms with Crippen LogP contribution in [0.25, 0.3) is 0 Å². The van der Waals surface area contributed by atoms with Gasteiger partial charge in [0.2, 0.25) is 0 Å². The third-order valence-electron chi connectivity index (χ3n) is 2.69. The minimum atomic E-state index is -4.48. The van der Waals surface area contributed by atoms with E-state index in [0.717, 1.165) is 0 Å². The van der Waals surface area contributed by atoms with Crippen molar-refractivity contribution in [3.05, 3.63) is 0 Å². The maximum atomic E-state index is 11.9. The van der Waals surface area contributed by atoms with E-state index in [1.54, 1.807) is 0 Å². The Bertz CT molecular complexity index is 332. The molecule has 0 radical (unpaired) electrons. The van der Waals surface area contributed by atoms with Crippen LogP contribution in [-0.2, 0) is 14.3 Å². The van der Waals surface area contributed by atoms with Crippen molar-refractivity contribution in [2.24, 2.45) is 5.92 Å². The molecule has 0 saturated carbocycles. The van der Waals surface area contributed by atoms with E-state index in [1.165, 1.54) is 11.8 Å². The summed E-state index contributed by atoms with van der Waals surface area (Å²) in [5.41, 5.74) is 0. The molecule has 0 aliphatic carbocycles. The van der Waals surface area contributed by atoms with E-state index in [9.17, 15) is 22.8 Å². The van der Waals surface area contributed by atoms with Gasteiger partial charge in [0.05, 0.1) is 5.92 Å². The lowest BCUT2D eigenvalue weighted by Crippen LogP contribution is -2.39. The normalized spacial score (nSPS) is 22.0. The molecule has 0 unspecified atom stereocenters. The number of alkyl halides is 3. The maximum absolute atomic E-state index is 11.9. The number of likely N-dealkylation sites (tertiary alicyclic amines) is 1. The van der Waals surface area contributed by atoms with Crippen LogP contribution in [0, 0.1) is 5.92 Å². The third-order valence-corrected chi connectivity index (χ3v) is 2.69. The predicted molar refractivity (Wildman–Crippen MR) is 53.8 cm³/mol. The standard InChI is InChI=1S/C10H14F3NO4/c1-6(18-5-10(11,12)13)8(15)14-3-2-7(4-14)9(16)17/h6-7H,2-5H2,1H3,(H,16,17)/t6-,7+/m1/s1. The summed E-state index contributed by atoms with van der Waals surface area (Å²) < 4.78 is 40.1. The summed E-state index contributed by atoms with van der Waals surface area (Å²) >= 11 is 0. The summed E-state index contributed by atoms with van der Waals surface area (Å²) in [4.78, 5) is 23.6. The van der Waals surface area contributed by atoms with Gasteiger partial charge in [0, 0.05) is 13.1 Å². The molecule has 1 amide bonds. The lowest BCUT2D eigenvalue weighted by molar-refractivity contribution is -0.188. The summed E-state index contributed by atoms with van der Waals surface area (Å²) in [6, 6.07) is 0. The number of ether oxygens (including phenoxy) is 1. The van der Waals surface area contributed by atoms with Crippen LogP contribution < -0.4 is 0 Å². The van der Waals surface area contributed by atoms with Crippen molar-refractivity contribution in [3.63, 3.8) is 0 Å². The van der Waals surface area contributed by atoms with Gasteiger partial charge < -0.3 is 14.7 Å². The fourth-order valence-corrected chi connectivity index (χ4v) is 1.71. The van der Waals surface area contributed by atoms with Gasteiger partial charge in [-0.05, 0) is 13.3 Å². The van der Waals surface area contributed by atoms with Crippen molar-refractivity contribution in [2.75, 3.05) is 19.7 Å². The van der Waals surface area contributed by atoms with Crippen molar-refractivity contribution in [1.29, 1.82) is 0 Å². The number of aliphatic carboxylic acids is 1. The van der Waals surface area contributed by atoms with Crippen LogP contribution in [0.1, 0.15) is 13.3 Å². The molecule has 18 heavy (non-hydrogen) atoms. The number of carboxylic acid groups (broad SMARTS) is 1. The second kappa shape index (κ2) is 5.55. The van der Waals surface area contributed by atoms with Crippen molar-refractivity contribution < 1.29 is 32.6 Å². The molecule has 1 N–H and O–H groups in total. The fourth-order valence-electron chi connectivity index (χ4n) is 1.71. The number of rotatable bonds is 4. The van der Waals surface area contributed by atoms with Crippen LogP contribution in [0.3, 0.4) is 0 Å². The average Bonchev–Trinajstić information content (AvgIpc) is 2.73. The second-order valence-corrected chi connectivity index (χ2v) is 4.18. The van der Waals surface area contributed by atoms with Gasteiger partial charge in [-0.25, -0.2) is 0 Å². The van der Waals surface area contributed by atoms with Gasteiger partial charge in [-0.3, -0.25) is 9.59 Å². The molecule has 1 aliphatic heterocycles. The number of carbonyl (C=O) groups is 2. The monoisotopic (exact) mass is 269 g/mol. The summed E-state index contributed by atoms with van der Waals surface area (Å²) in [6.07, 6.45) is -5.39. The molecule has 0 aromatic carbocycles. The maximum Gasteiger partial charge on any atom is 0.411 e. The van der Waals surface area contributed by atoms with Gasteiger partial charge in [0.1, 0.15) is 12.7 Å². The molecule has 1 aliphatic rings. The van der Waals surface area contributed by atoms with Gasteiger partial charge in [0.25, 0.3) is 5.91 Å². The molecule has 1 rings (SSSR count). The number of carbonyl (C=O) groups excluding carboxylic acids is 1. The molecular weight excluding hydrogens is 255 g/mol. The van der Waals surface area contributed by atoms with Crippen molar-refractivity contribution in [3.8, 4) is 0 Å². The Hall–Kier alpha value is -1.31. The largest absolute Gasteiger partial charge is 0.481 e. The Morgan fingerprint density at radius 3 is 2.56 bits per heavy atom. The van der Waals surface area contributed by atoms with Gasteiger partial charge >= 0.3 is 12.1 Å². The third kappa shape index (κ3) is 4.17. The van der Waals surface area contributed by atoms with Gasteiger partial charge in [-0.15, -0.1) is 0 Å². The first-order valence-electron chi connectivity index (χ1n) is 5.40. The molecule has 2 atom stereocenters. The van der Waals surface area contributed by atoms with Crippen molar-refractivity contribution >= 4 is 11.9 Å². The Morgan fingerprint density at radius 2 is 2.11 bits per heavy atom. The predicted octanol–water partition coefficient (Wildman–Crippen LogP) is 0.887. The zero-order chi connectivity index (χ0) is 13.9. The van der Waals surface area contributed by atoms with E-state index in [2.05, 4.69) is 4.74 Å². The first-order valence-corrected chi connectivity index (χ1v) is 5.40. The molecule has 0 spiro atoms. The fraction of sp³-hybridized carbons (Fsp3) is 0.800. The van der Waals surface area contributed by atoms with Crippen LogP contribution >= 0.6 is 0 Å². The Kier molecular flexibility index (Phi) is 4.55. The Labute approximate surface area is 102 Å². The highest BCUT2D eigenvalue weighted by Gasteiger charge is 2.35. The minimum Gasteiger partial charge on any atom is -0.481 e. The number of carboxylic acids is 1. The van der Waals surface area contributed by atoms with E-state index in [-0.39, 0.29) is 13.1 Å². The van der Waals surface area contributed by atoms with Crippen LogP contribution in [0.4, 0.5) is 13.2 Å². The van der Waals surface area contributed by atoms with E-state index in [0.29, 0.717) is 6.42 Å². The van der Waals surface area contributed by atoms with Crippen molar-refractivity contribution in [2.45, 2.75) is 25.6 Å². The molecule has 104 valence electrons. The molecule has 1 saturated heterocycles. The average molecular weight is 269 g/mol. The van der Waals surface area contributed by atoms with E-state index >= 15 is 0 Å². The molecule has 0 aromatic heterocycles. The molecule has 5 nitrogen and oxygen atoms in total. The number of hydrogen-bond donors (Lipinski definition) is 1. The number of halogens is 3. The number of amides is 1. The molecule has 0 bridgehead atoms. The van der Waals surface area contributed by atoms with Crippen LogP contribution in [-0.4, -0.2) is 53.9 Å². The van der Waals surface area contributed by atoms with Crippen LogP contribution in [0.2, 0.25) is 0 Å². The van der Waals surface area contributed by atoms with Gasteiger partial charge in [-0.1, -0.05) is 0 Å². The molecule has 0 aromatic rings. The second-order valence-electron chi connectivity index (χ2n) is 4.18. The molecule has 1 heterocycles. The number of nitrogens with zero attached hydrogens (tertiary/aromatic N) is 1. The summed E-state index contributed by atoms with van der Waals surface area (Å²) in [5.74, 6) is -2.26. The van der Waals surface area contributed by atoms with Crippen molar-refractivity contribution in [1.82, 2.24) is 4.90 Å². The first-order chi connectivity index (χ1) is 8.20. The highest BCUT2D eigenvalue weighted by molar-refractivity contribution is 5.82. The Balaban J connectivity index is 2.43. The zero-order valence-electron chi connectivity index (χ0n) is 9.74. The smallest absolute Gasteiger partial charge is 0.411 e. The van der Waals surface area contributed by atoms with E-state index < -0.39 is 36.7 Å². The zero-order valence-corrected chi connectivity index (χ0v) is 9.74. The molecule has 8 heteroatoms. The highest BCUT2D eigenvalue weighted by Crippen LogP contribution is 2.19. The first kappa shape index (κ1) is 14.7. The minimum absolute atomic E-state index is 0.0217. The lowest BCUT2D eigenvalue weighted by atomic mass is 10.1. The highest BCUT2D eigenvalue weighted by atomic mass is 19.4. The van der Waals surface area contributed by atoms with Gasteiger partial charge in [0.15, 0.2) is 0 Å². The molecular formula is C10H14F3NO4. The topological polar surface area (TPSA) is 66.8 Å². The Morgan fingerprint density at radius 1 is 1.50 bits per heavy atom.